The zero-order valence-electron chi connectivity index (χ0n) is 15.9. The molecule has 0 atom stereocenters. The molecule has 142 valence electrons. The van der Waals surface area contributed by atoms with Gasteiger partial charge in [0.1, 0.15) is 17.8 Å². The second kappa shape index (κ2) is 7.26. The van der Waals surface area contributed by atoms with Gasteiger partial charge >= 0.3 is 0 Å². The summed E-state index contributed by atoms with van der Waals surface area (Å²) in [7, 11) is 3.74. The highest BCUT2D eigenvalue weighted by molar-refractivity contribution is 7.18. The Bertz CT molecular complexity index is 956. The number of nitrogens with zero attached hydrogens (tertiary/aromatic N) is 6. The van der Waals surface area contributed by atoms with Crippen LogP contribution in [0.2, 0.25) is 0 Å². The Hall–Kier alpha value is -2.48. The first kappa shape index (κ1) is 17.9. The van der Waals surface area contributed by atoms with Crippen LogP contribution in [0.1, 0.15) is 28.9 Å². The van der Waals surface area contributed by atoms with E-state index in [-0.39, 0.29) is 5.91 Å². The fraction of sp³-hybridized carbons (Fsp3) is 0.474. The SMILES string of the molecule is Cc1csc2c(N3CCC(CN(C)C(=O)c4cn(C)cn4)CC3)ncnc12. The molecule has 3 aromatic heterocycles. The van der Waals surface area contributed by atoms with Crippen LogP contribution in [0.25, 0.3) is 10.2 Å². The van der Waals surface area contributed by atoms with Crippen LogP contribution in [0.15, 0.2) is 24.2 Å². The van der Waals surface area contributed by atoms with Gasteiger partial charge in [0.15, 0.2) is 0 Å². The number of hydrogen-bond acceptors (Lipinski definition) is 6. The van der Waals surface area contributed by atoms with E-state index in [2.05, 4.69) is 32.2 Å². The number of imidazole rings is 1. The molecule has 1 fully saturated rings. The maximum atomic E-state index is 12.5. The predicted molar refractivity (Wildman–Crippen MR) is 107 cm³/mol. The summed E-state index contributed by atoms with van der Waals surface area (Å²) in [5.74, 6) is 1.54. The Labute approximate surface area is 162 Å². The fourth-order valence-corrected chi connectivity index (χ4v) is 4.72. The minimum Gasteiger partial charge on any atom is -0.355 e. The summed E-state index contributed by atoms with van der Waals surface area (Å²) in [5.41, 5.74) is 2.78. The highest BCUT2D eigenvalue weighted by atomic mass is 32.1. The number of aryl methyl sites for hydroxylation is 2. The molecule has 0 radical (unpaired) electrons. The molecule has 3 aromatic rings. The van der Waals surface area contributed by atoms with E-state index in [1.54, 1.807) is 39.7 Å². The molecule has 0 aliphatic carbocycles. The summed E-state index contributed by atoms with van der Waals surface area (Å²) in [4.78, 5) is 29.8. The van der Waals surface area contributed by atoms with Gasteiger partial charge in [-0.3, -0.25) is 4.79 Å². The molecule has 8 heteroatoms. The van der Waals surface area contributed by atoms with E-state index in [1.165, 1.54) is 10.3 Å². The van der Waals surface area contributed by atoms with Crippen LogP contribution in [0.4, 0.5) is 5.82 Å². The maximum absolute atomic E-state index is 12.5. The van der Waals surface area contributed by atoms with Crippen molar-refractivity contribution in [3.8, 4) is 0 Å². The third-order valence-corrected chi connectivity index (χ3v) is 6.31. The van der Waals surface area contributed by atoms with Crippen molar-refractivity contribution < 1.29 is 4.79 Å². The Morgan fingerprint density at radius 3 is 2.78 bits per heavy atom. The summed E-state index contributed by atoms with van der Waals surface area (Å²) in [5, 5.41) is 2.15. The quantitative estimate of drug-likeness (QED) is 0.692. The topological polar surface area (TPSA) is 67.2 Å². The molecule has 1 aliphatic rings. The number of anilines is 1. The fourth-order valence-electron chi connectivity index (χ4n) is 3.70. The minimum atomic E-state index is -0.00963. The minimum absolute atomic E-state index is 0.00963. The largest absolute Gasteiger partial charge is 0.355 e. The van der Waals surface area contributed by atoms with Crippen molar-refractivity contribution in [2.24, 2.45) is 13.0 Å². The number of aromatic nitrogens is 4. The lowest BCUT2D eigenvalue weighted by molar-refractivity contribution is 0.0759. The normalized spacial score (nSPS) is 15.4. The highest BCUT2D eigenvalue weighted by Crippen LogP contribution is 2.33. The number of carbonyl (C=O) groups excluding carboxylic acids is 1. The number of amides is 1. The number of thiophene rings is 1. The molecule has 1 saturated heterocycles. The third kappa shape index (κ3) is 3.53. The van der Waals surface area contributed by atoms with E-state index < -0.39 is 0 Å². The number of carbonyl (C=O) groups is 1. The van der Waals surface area contributed by atoms with Gasteiger partial charge in [-0.2, -0.15) is 0 Å². The smallest absolute Gasteiger partial charge is 0.273 e. The van der Waals surface area contributed by atoms with Gasteiger partial charge in [0.25, 0.3) is 5.91 Å². The lowest BCUT2D eigenvalue weighted by Crippen LogP contribution is -2.39. The van der Waals surface area contributed by atoms with Gasteiger partial charge in [0.05, 0.1) is 16.5 Å². The Morgan fingerprint density at radius 2 is 2.07 bits per heavy atom. The predicted octanol–water partition coefficient (Wildman–Crippen LogP) is 2.72. The van der Waals surface area contributed by atoms with Crippen LogP contribution in [-0.2, 0) is 7.05 Å². The van der Waals surface area contributed by atoms with Gasteiger partial charge in [0.2, 0.25) is 0 Å². The van der Waals surface area contributed by atoms with Crippen LogP contribution in [0.5, 0.6) is 0 Å². The van der Waals surface area contributed by atoms with E-state index in [4.69, 9.17) is 0 Å². The average Bonchev–Trinajstić information content (AvgIpc) is 3.28. The zero-order valence-corrected chi connectivity index (χ0v) is 16.7. The average molecular weight is 385 g/mol. The molecule has 1 aliphatic heterocycles. The van der Waals surface area contributed by atoms with Crippen molar-refractivity contribution in [1.29, 1.82) is 0 Å². The van der Waals surface area contributed by atoms with Crippen LogP contribution < -0.4 is 4.90 Å². The molecule has 4 rings (SSSR count). The molecule has 0 N–H and O–H groups in total. The summed E-state index contributed by atoms with van der Waals surface area (Å²) < 4.78 is 2.98. The van der Waals surface area contributed by atoms with E-state index in [0.29, 0.717) is 11.6 Å². The molecular formula is C19H24N6OS. The van der Waals surface area contributed by atoms with Crippen molar-refractivity contribution in [1.82, 2.24) is 24.4 Å². The second-order valence-electron chi connectivity index (χ2n) is 7.33. The van der Waals surface area contributed by atoms with Crippen LogP contribution in [0.3, 0.4) is 0 Å². The zero-order chi connectivity index (χ0) is 19.0. The van der Waals surface area contributed by atoms with E-state index in [9.17, 15) is 4.79 Å². The number of piperidine rings is 1. The van der Waals surface area contributed by atoms with Crippen molar-refractivity contribution in [3.63, 3.8) is 0 Å². The number of fused-ring (bicyclic) bond motifs is 1. The van der Waals surface area contributed by atoms with Crippen LogP contribution in [-0.4, -0.2) is 57.0 Å². The van der Waals surface area contributed by atoms with Gasteiger partial charge in [-0.15, -0.1) is 11.3 Å². The molecule has 7 nitrogen and oxygen atoms in total. The molecular weight excluding hydrogens is 360 g/mol. The first-order chi connectivity index (χ1) is 13.0. The summed E-state index contributed by atoms with van der Waals surface area (Å²) in [6, 6.07) is 0. The van der Waals surface area contributed by atoms with Crippen molar-refractivity contribution >= 4 is 33.3 Å². The van der Waals surface area contributed by atoms with Crippen LogP contribution in [0, 0.1) is 12.8 Å². The van der Waals surface area contributed by atoms with Crippen molar-refractivity contribution in [2.45, 2.75) is 19.8 Å². The number of rotatable bonds is 4. The van der Waals surface area contributed by atoms with Gasteiger partial charge in [0, 0.05) is 39.9 Å². The molecule has 0 saturated carbocycles. The number of hydrogen-bond donors (Lipinski definition) is 0. The molecule has 0 bridgehead atoms. The molecule has 0 spiro atoms. The lowest BCUT2D eigenvalue weighted by atomic mass is 9.96. The second-order valence-corrected chi connectivity index (χ2v) is 8.21. The molecule has 1 amide bonds. The van der Waals surface area contributed by atoms with Gasteiger partial charge in [-0.1, -0.05) is 0 Å². The lowest BCUT2D eigenvalue weighted by Gasteiger charge is -2.34. The maximum Gasteiger partial charge on any atom is 0.273 e. The van der Waals surface area contributed by atoms with E-state index in [0.717, 1.165) is 43.8 Å². The molecule has 0 unspecified atom stereocenters. The van der Waals surface area contributed by atoms with E-state index >= 15 is 0 Å². The third-order valence-electron chi connectivity index (χ3n) is 5.23. The van der Waals surface area contributed by atoms with Crippen molar-refractivity contribution in [3.05, 3.63) is 35.5 Å². The van der Waals surface area contributed by atoms with Crippen LogP contribution >= 0.6 is 11.3 Å². The summed E-state index contributed by atoms with van der Waals surface area (Å²) in [6.07, 6.45) is 7.20. The standard InChI is InChI=1S/C19H24N6OS/c1-13-10-27-17-16(13)20-11-21-18(17)25-6-4-14(5-7-25)8-24(3)19(26)15-9-23(2)12-22-15/h9-12,14H,4-8H2,1-3H3. The van der Waals surface area contributed by atoms with Gasteiger partial charge in [-0.25, -0.2) is 15.0 Å². The Morgan fingerprint density at radius 1 is 1.30 bits per heavy atom. The van der Waals surface area contributed by atoms with E-state index in [1.807, 2.05) is 14.1 Å². The summed E-state index contributed by atoms with van der Waals surface area (Å²) >= 11 is 1.72. The first-order valence-corrected chi connectivity index (χ1v) is 10.1. The highest BCUT2D eigenvalue weighted by Gasteiger charge is 2.25. The van der Waals surface area contributed by atoms with Crippen molar-refractivity contribution in [2.75, 3.05) is 31.6 Å². The molecule has 0 aromatic carbocycles. The molecule has 4 heterocycles. The summed E-state index contributed by atoms with van der Waals surface area (Å²) in [6.45, 7) is 4.77. The Kier molecular flexibility index (Phi) is 4.82. The monoisotopic (exact) mass is 384 g/mol. The van der Waals surface area contributed by atoms with Gasteiger partial charge in [-0.05, 0) is 36.6 Å². The first-order valence-electron chi connectivity index (χ1n) is 9.20. The molecule has 27 heavy (non-hydrogen) atoms. The Balaban J connectivity index is 1.38. The van der Waals surface area contributed by atoms with Gasteiger partial charge < -0.3 is 14.4 Å².